The van der Waals surface area contributed by atoms with Crippen molar-refractivity contribution in [1.82, 2.24) is 0 Å². The monoisotopic (exact) mass is 290 g/mol. The van der Waals surface area contributed by atoms with E-state index in [1.165, 1.54) is 44.9 Å². The molecule has 0 aliphatic carbocycles. The molecule has 120 valence electrons. The molecule has 0 spiro atoms. The van der Waals surface area contributed by atoms with Crippen LogP contribution in [0.15, 0.2) is 30.3 Å². The van der Waals surface area contributed by atoms with E-state index in [0.717, 1.165) is 31.2 Å². The molecule has 1 N–H and O–H groups in total. The first kappa shape index (κ1) is 18.2. The summed E-state index contributed by atoms with van der Waals surface area (Å²) in [5.41, 5.74) is 0.480. The predicted octanol–water partition coefficient (Wildman–Crippen LogP) is 6.21. The Balaban J connectivity index is 2.29. The number of hydrogen-bond donors (Lipinski definition) is 1. The van der Waals surface area contributed by atoms with Gasteiger partial charge in [0.25, 0.3) is 0 Å². The van der Waals surface area contributed by atoms with E-state index in [4.69, 9.17) is 0 Å². The Morgan fingerprint density at radius 1 is 0.714 bits per heavy atom. The summed E-state index contributed by atoms with van der Waals surface area (Å²) in [7, 11) is 0. The van der Waals surface area contributed by atoms with Crippen LogP contribution >= 0.6 is 0 Å². The fourth-order valence-corrected chi connectivity index (χ4v) is 3.13. The van der Waals surface area contributed by atoms with E-state index in [2.05, 4.69) is 26.0 Å². The highest BCUT2D eigenvalue weighted by Gasteiger charge is 2.27. The van der Waals surface area contributed by atoms with E-state index in [1.54, 1.807) is 0 Å². The first-order chi connectivity index (χ1) is 10.2. The number of hydrogen-bond acceptors (Lipinski definition) is 1. The van der Waals surface area contributed by atoms with Crippen molar-refractivity contribution in [2.45, 2.75) is 90.1 Å². The van der Waals surface area contributed by atoms with Crippen molar-refractivity contribution in [1.29, 1.82) is 0 Å². The van der Waals surface area contributed by atoms with Gasteiger partial charge < -0.3 is 5.11 Å². The van der Waals surface area contributed by atoms with Gasteiger partial charge in [-0.2, -0.15) is 0 Å². The third-order valence-corrected chi connectivity index (χ3v) is 4.42. The van der Waals surface area contributed by atoms with Crippen LogP contribution in [0.2, 0.25) is 0 Å². The molecule has 21 heavy (non-hydrogen) atoms. The average Bonchev–Trinajstić information content (AvgIpc) is 2.51. The van der Waals surface area contributed by atoms with E-state index in [9.17, 15) is 5.11 Å². The molecular formula is C20H34O. The fraction of sp³-hybridized carbons (Fsp3) is 0.700. The third-order valence-electron chi connectivity index (χ3n) is 4.42. The van der Waals surface area contributed by atoms with Crippen molar-refractivity contribution < 1.29 is 5.11 Å². The van der Waals surface area contributed by atoms with Gasteiger partial charge in [0, 0.05) is 0 Å². The summed E-state index contributed by atoms with van der Waals surface area (Å²) in [5, 5.41) is 11.0. The molecule has 0 radical (unpaired) electrons. The molecule has 0 bridgehead atoms. The Bertz CT molecular complexity index is 346. The maximum atomic E-state index is 11.0. The zero-order valence-corrected chi connectivity index (χ0v) is 14.1. The second kappa shape index (κ2) is 10.8. The lowest BCUT2D eigenvalue weighted by molar-refractivity contribution is 0.0151. The SMILES string of the molecule is CCCCCCCCCCC(O)(CCC)c1ccccc1. The summed E-state index contributed by atoms with van der Waals surface area (Å²) in [5.74, 6) is 0. The average molecular weight is 290 g/mol. The summed E-state index contributed by atoms with van der Waals surface area (Å²) in [6.45, 7) is 4.42. The molecular weight excluding hydrogens is 256 g/mol. The lowest BCUT2D eigenvalue weighted by Crippen LogP contribution is -2.25. The van der Waals surface area contributed by atoms with E-state index in [-0.39, 0.29) is 0 Å². The van der Waals surface area contributed by atoms with Gasteiger partial charge in [0.15, 0.2) is 0 Å². The summed E-state index contributed by atoms with van der Waals surface area (Å²) < 4.78 is 0. The first-order valence-electron chi connectivity index (χ1n) is 9.01. The Kier molecular flexibility index (Phi) is 9.41. The van der Waals surface area contributed by atoms with E-state index < -0.39 is 5.60 Å². The summed E-state index contributed by atoms with van der Waals surface area (Å²) >= 11 is 0. The molecule has 0 amide bonds. The highest BCUT2D eigenvalue weighted by Crippen LogP contribution is 2.32. The normalized spacial score (nSPS) is 14.0. The van der Waals surface area contributed by atoms with Crippen LogP contribution in [-0.4, -0.2) is 5.11 Å². The smallest absolute Gasteiger partial charge is 0.0896 e. The van der Waals surface area contributed by atoms with Gasteiger partial charge in [-0.1, -0.05) is 102 Å². The molecule has 1 heteroatoms. The molecule has 0 aliphatic rings. The van der Waals surface area contributed by atoms with Crippen LogP contribution in [0.25, 0.3) is 0 Å². The lowest BCUT2D eigenvalue weighted by Gasteiger charge is -2.28. The van der Waals surface area contributed by atoms with Gasteiger partial charge in [-0.05, 0) is 18.4 Å². The lowest BCUT2D eigenvalue weighted by atomic mass is 9.84. The van der Waals surface area contributed by atoms with Gasteiger partial charge >= 0.3 is 0 Å². The predicted molar refractivity (Wildman–Crippen MR) is 92.5 cm³/mol. The van der Waals surface area contributed by atoms with Crippen molar-refractivity contribution in [2.24, 2.45) is 0 Å². The molecule has 0 saturated carbocycles. The van der Waals surface area contributed by atoms with Crippen molar-refractivity contribution in [2.75, 3.05) is 0 Å². The first-order valence-corrected chi connectivity index (χ1v) is 9.01. The molecule has 0 heterocycles. The molecule has 1 nitrogen and oxygen atoms in total. The van der Waals surface area contributed by atoms with E-state index in [1.807, 2.05) is 18.2 Å². The second-order valence-corrected chi connectivity index (χ2v) is 6.37. The van der Waals surface area contributed by atoms with Crippen molar-refractivity contribution in [3.05, 3.63) is 35.9 Å². The van der Waals surface area contributed by atoms with Gasteiger partial charge in [-0.15, -0.1) is 0 Å². The number of unbranched alkanes of at least 4 members (excludes halogenated alkanes) is 7. The molecule has 1 aromatic carbocycles. The molecule has 0 aromatic heterocycles. The van der Waals surface area contributed by atoms with Crippen LogP contribution in [0.4, 0.5) is 0 Å². The van der Waals surface area contributed by atoms with Crippen LogP contribution in [0.3, 0.4) is 0 Å². The second-order valence-electron chi connectivity index (χ2n) is 6.37. The van der Waals surface area contributed by atoms with Gasteiger partial charge in [0.1, 0.15) is 0 Å². The minimum atomic E-state index is -0.613. The van der Waals surface area contributed by atoms with Gasteiger partial charge in [-0.3, -0.25) is 0 Å². The summed E-state index contributed by atoms with van der Waals surface area (Å²) in [6.07, 6.45) is 13.3. The summed E-state index contributed by atoms with van der Waals surface area (Å²) in [4.78, 5) is 0. The molecule has 1 atom stereocenters. The molecule has 0 saturated heterocycles. The standard InChI is InChI=1S/C20H34O/c1-3-5-6-7-8-9-10-14-18-20(21,17-4-2)19-15-12-11-13-16-19/h11-13,15-16,21H,3-10,14,17-18H2,1-2H3. The van der Waals surface area contributed by atoms with Gasteiger partial charge in [0.05, 0.1) is 5.60 Å². The Labute approximate surface area is 131 Å². The number of rotatable bonds is 12. The molecule has 1 rings (SSSR count). The van der Waals surface area contributed by atoms with Crippen LogP contribution in [0, 0.1) is 0 Å². The minimum Gasteiger partial charge on any atom is -0.385 e. The number of benzene rings is 1. The van der Waals surface area contributed by atoms with Crippen LogP contribution in [0.5, 0.6) is 0 Å². The zero-order valence-electron chi connectivity index (χ0n) is 14.1. The largest absolute Gasteiger partial charge is 0.385 e. The molecule has 1 unspecified atom stereocenters. The van der Waals surface area contributed by atoms with Crippen LogP contribution in [0.1, 0.15) is 90.0 Å². The van der Waals surface area contributed by atoms with Gasteiger partial charge in [0.2, 0.25) is 0 Å². The maximum Gasteiger partial charge on any atom is 0.0896 e. The van der Waals surface area contributed by atoms with Gasteiger partial charge in [-0.25, -0.2) is 0 Å². The molecule has 1 aromatic rings. The quantitative estimate of drug-likeness (QED) is 0.454. The Hall–Kier alpha value is -0.820. The Morgan fingerprint density at radius 3 is 1.86 bits per heavy atom. The van der Waals surface area contributed by atoms with Crippen LogP contribution < -0.4 is 0 Å². The van der Waals surface area contributed by atoms with Crippen LogP contribution in [-0.2, 0) is 5.60 Å². The Morgan fingerprint density at radius 2 is 1.29 bits per heavy atom. The summed E-state index contributed by atoms with van der Waals surface area (Å²) in [6, 6.07) is 10.2. The topological polar surface area (TPSA) is 20.2 Å². The third kappa shape index (κ3) is 7.13. The zero-order chi connectivity index (χ0) is 15.4. The molecule has 0 fully saturated rings. The van der Waals surface area contributed by atoms with Crippen molar-refractivity contribution in [3.63, 3.8) is 0 Å². The maximum absolute atomic E-state index is 11.0. The van der Waals surface area contributed by atoms with Crippen molar-refractivity contribution in [3.8, 4) is 0 Å². The van der Waals surface area contributed by atoms with E-state index >= 15 is 0 Å². The minimum absolute atomic E-state index is 0.613. The molecule has 0 aliphatic heterocycles. The highest BCUT2D eigenvalue weighted by molar-refractivity contribution is 5.22. The number of aliphatic hydroxyl groups is 1. The fourth-order valence-electron chi connectivity index (χ4n) is 3.13. The van der Waals surface area contributed by atoms with E-state index in [0.29, 0.717) is 0 Å². The van der Waals surface area contributed by atoms with Crippen molar-refractivity contribution >= 4 is 0 Å². The highest BCUT2D eigenvalue weighted by atomic mass is 16.3.